The number of thiazole rings is 1. The molecule has 0 bridgehead atoms. The number of carbonyl (C=O) groups excluding carboxylic acids is 3. The average Bonchev–Trinajstić information content (AvgIpc) is 3.48. The molecule has 2 N–H and O–H groups in total. The third-order valence-corrected chi connectivity index (χ3v) is 7.89. The SMILES string of the molecule is COC(=O)c1ccc(Oc2cc3c(cc2OCCOCCNC(=O)OC(C)(C)C)CCC[C@]3(C)CC(=O)Nc2nccs2)cc1F. The quantitative estimate of drug-likeness (QED) is 0.158. The first-order valence-corrected chi connectivity index (χ1v) is 15.8. The zero-order chi connectivity index (χ0) is 33.3. The van der Waals surface area contributed by atoms with Gasteiger partial charge in [0.1, 0.15) is 23.8 Å². The van der Waals surface area contributed by atoms with Crippen LogP contribution in [0.1, 0.15) is 68.4 Å². The predicted octanol–water partition coefficient (Wildman–Crippen LogP) is 6.40. The molecule has 4 rings (SSSR count). The summed E-state index contributed by atoms with van der Waals surface area (Å²) in [4.78, 5) is 40.8. The fourth-order valence-corrected chi connectivity index (χ4v) is 5.71. The van der Waals surface area contributed by atoms with Gasteiger partial charge in [0.15, 0.2) is 16.6 Å². The van der Waals surface area contributed by atoms with Crippen molar-refractivity contribution in [1.29, 1.82) is 0 Å². The van der Waals surface area contributed by atoms with E-state index in [-0.39, 0.29) is 50.0 Å². The van der Waals surface area contributed by atoms with Gasteiger partial charge >= 0.3 is 12.1 Å². The maximum Gasteiger partial charge on any atom is 0.407 e. The van der Waals surface area contributed by atoms with Crippen LogP contribution in [0.5, 0.6) is 17.2 Å². The Hall–Kier alpha value is -4.23. The van der Waals surface area contributed by atoms with Crippen LogP contribution >= 0.6 is 11.3 Å². The maximum absolute atomic E-state index is 14.8. The second-order valence-corrected chi connectivity index (χ2v) is 13.0. The lowest BCUT2D eigenvalue weighted by Gasteiger charge is -2.36. The highest BCUT2D eigenvalue weighted by Gasteiger charge is 2.36. The van der Waals surface area contributed by atoms with Crippen LogP contribution in [0.25, 0.3) is 0 Å². The number of alkyl carbamates (subject to hydrolysis) is 1. The van der Waals surface area contributed by atoms with Crippen LogP contribution < -0.4 is 20.1 Å². The molecule has 2 amide bonds. The number of esters is 1. The number of rotatable bonds is 13. The Balaban J connectivity index is 1.49. The van der Waals surface area contributed by atoms with E-state index in [1.807, 2.05) is 19.1 Å². The molecule has 46 heavy (non-hydrogen) atoms. The van der Waals surface area contributed by atoms with E-state index in [2.05, 4.69) is 20.4 Å². The Morgan fingerprint density at radius 2 is 1.89 bits per heavy atom. The van der Waals surface area contributed by atoms with Crippen LogP contribution in [0.4, 0.5) is 14.3 Å². The molecule has 0 spiro atoms. The number of hydrogen-bond donors (Lipinski definition) is 2. The van der Waals surface area contributed by atoms with Crippen molar-refractivity contribution in [1.82, 2.24) is 10.3 Å². The molecule has 0 aliphatic heterocycles. The molecule has 11 nitrogen and oxygen atoms in total. The van der Waals surface area contributed by atoms with Gasteiger partial charge in [-0.1, -0.05) is 6.92 Å². The van der Waals surface area contributed by atoms with Crippen molar-refractivity contribution in [3.8, 4) is 17.2 Å². The highest BCUT2D eigenvalue weighted by molar-refractivity contribution is 7.13. The number of methoxy groups -OCH3 is 1. The number of anilines is 1. The van der Waals surface area contributed by atoms with Crippen LogP contribution in [-0.4, -0.2) is 62.0 Å². The summed E-state index contributed by atoms with van der Waals surface area (Å²) < 4.78 is 42.4. The molecule has 0 unspecified atom stereocenters. The minimum absolute atomic E-state index is 0.146. The molecule has 0 saturated heterocycles. The minimum atomic E-state index is -0.796. The first kappa shape index (κ1) is 34.6. The summed E-state index contributed by atoms with van der Waals surface area (Å²) in [6, 6.07) is 7.61. The number of ether oxygens (including phenoxy) is 5. The molecule has 1 atom stereocenters. The molecule has 3 aromatic rings. The van der Waals surface area contributed by atoms with Crippen LogP contribution in [0.3, 0.4) is 0 Å². The maximum atomic E-state index is 14.8. The fourth-order valence-electron chi connectivity index (χ4n) is 5.17. The second kappa shape index (κ2) is 15.4. The Bertz CT molecular complexity index is 1530. The molecular formula is C33H40FN3O8S. The topological polar surface area (TPSA) is 134 Å². The normalized spacial score (nSPS) is 15.8. The van der Waals surface area contributed by atoms with E-state index in [9.17, 15) is 18.8 Å². The van der Waals surface area contributed by atoms with Gasteiger partial charge in [0.25, 0.3) is 0 Å². The molecule has 1 aliphatic rings. The lowest BCUT2D eigenvalue weighted by Crippen LogP contribution is -2.34. The highest BCUT2D eigenvalue weighted by Crippen LogP contribution is 2.45. The summed E-state index contributed by atoms with van der Waals surface area (Å²) in [5.41, 5.74) is 0.650. The van der Waals surface area contributed by atoms with Gasteiger partial charge in [-0.2, -0.15) is 0 Å². The fraction of sp³-hybridized carbons (Fsp3) is 0.455. The Kier molecular flexibility index (Phi) is 11.6. The van der Waals surface area contributed by atoms with Gasteiger partial charge in [0.05, 0.1) is 25.9 Å². The van der Waals surface area contributed by atoms with E-state index in [4.69, 9.17) is 18.9 Å². The van der Waals surface area contributed by atoms with Crippen molar-refractivity contribution in [2.24, 2.45) is 0 Å². The lowest BCUT2D eigenvalue weighted by atomic mass is 9.69. The lowest BCUT2D eigenvalue weighted by molar-refractivity contribution is -0.117. The summed E-state index contributed by atoms with van der Waals surface area (Å²) in [7, 11) is 1.18. The largest absolute Gasteiger partial charge is 0.487 e. The van der Waals surface area contributed by atoms with Crippen LogP contribution in [-0.2, 0) is 30.8 Å². The van der Waals surface area contributed by atoms with Crippen molar-refractivity contribution < 1.29 is 42.5 Å². The molecule has 0 radical (unpaired) electrons. The molecular weight excluding hydrogens is 617 g/mol. The van der Waals surface area contributed by atoms with E-state index in [1.54, 1.807) is 32.3 Å². The van der Waals surface area contributed by atoms with E-state index in [1.165, 1.54) is 30.6 Å². The van der Waals surface area contributed by atoms with Crippen molar-refractivity contribution in [2.45, 2.75) is 64.4 Å². The number of carbonyl (C=O) groups is 3. The van der Waals surface area contributed by atoms with Gasteiger partial charge in [-0.05, 0) is 75.4 Å². The molecule has 0 fully saturated rings. The number of amides is 2. The third kappa shape index (κ3) is 9.63. The first-order valence-electron chi connectivity index (χ1n) is 15.0. The number of aryl methyl sites for hydroxylation is 1. The molecule has 248 valence electrons. The van der Waals surface area contributed by atoms with Crippen molar-refractivity contribution >= 4 is 34.4 Å². The zero-order valence-electron chi connectivity index (χ0n) is 26.7. The molecule has 2 aromatic carbocycles. The number of nitrogens with zero attached hydrogens (tertiary/aromatic N) is 1. The van der Waals surface area contributed by atoms with E-state index >= 15 is 0 Å². The van der Waals surface area contributed by atoms with Crippen LogP contribution in [0.2, 0.25) is 0 Å². The van der Waals surface area contributed by atoms with E-state index in [0.29, 0.717) is 16.6 Å². The number of fused-ring (bicyclic) bond motifs is 1. The number of halogens is 1. The zero-order valence-corrected chi connectivity index (χ0v) is 27.5. The number of benzene rings is 2. The summed E-state index contributed by atoms with van der Waals surface area (Å²) in [6.07, 6.45) is 3.78. The number of nitrogens with one attached hydrogen (secondary N) is 2. The van der Waals surface area contributed by atoms with Gasteiger partial charge in [-0.25, -0.2) is 19.0 Å². The van der Waals surface area contributed by atoms with Crippen LogP contribution in [0, 0.1) is 5.82 Å². The standard InChI is InChI=1S/C33H40FN3O8S/c1-32(2,3)45-31(40)36-11-13-42-14-15-43-26-17-21-7-6-10-33(4,20-28(38)37-30-35-12-16-46-30)24(21)19-27(26)44-22-8-9-23(25(34)18-22)29(39)41-5/h8-9,12,16-19H,6-7,10-11,13-15,20H2,1-5H3,(H,36,40)(H,35,37,38)/t33-/m1/s1. The monoisotopic (exact) mass is 657 g/mol. The molecule has 13 heteroatoms. The second-order valence-electron chi connectivity index (χ2n) is 12.1. The third-order valence-electron chi connectivity index (χ3n) is 7.20. The van der Waals surface area contributed by atoms with Gasteiger partial charge in [0.2, 0.25) is 5.91 Å². The first-order chi connectivity index (χ1) is 21.9. The molecule has 1 aliphatic carbocycles. The van der Waals surface area contributed by atoms with E-state index < -0.39 is 28.9 Å². The average molecular weight is 658 g/mol. The van der Waals surface area contributed by atoms with Gasteiger partial charge < -0.3 is 34.3 Å². The Labute approximate surface area is 271 Å². The highest BCUT2D eigenvalue weighted by atomic mass is 32.1. The molecule has 1 aromatic heterocycles. The van der Waals surface area contributed by atoms with Crippen molar-refractivity contribution in [2.75, 3.05) is 38.8 Å². The smallest absolute Gasteiger partial charge is 0.407 e. The van der Waals surface area contributed by atoms with Gasteiger partial charge in [-0.3, -0.25) is 4.79 Å². The van der Waals surface area contributed by atoms with Crippen LogP contribution in [0.15, 0.2) is 41.9 Å². The summed E-state index contributed by atoms with van der Waals surface area (Å²) in [6.45, 7) is 8.32. The van der Waals surface area contributed by atoms with E-state index in [0.717, 1.165) is 36.5 Å². The van der Waals surface area contributed by atoms with Crippen molar-refractivity contribution in [3.05, 3.63) is 64.4 Å². The summed E-state index contributed by atoms with van der Waals surface area (Å²) >= 11 is 1.35. The van der Waals surface area contributed by atoms with Gasteiger partial charge in [0, 0.05) is 36.0 Å². The predicted molar refractivity (Wildman–Crippen MR) is 170 cm³/mol. The Morgan fingerprint density at radius 3 is 2.59 bits per heavy atom. The minimum Gasteiger partial charge on any atom is -0.487 e. The Morgan fingerprint density at radius 1 is 1.09 bits per heavy atom. The molecule has 0 saturated carbocycles. The summed E-state index contributed by atoms with van der Waals surface area (Å²) in [5, 5.41) is 7.84. The number of aromatic nitrogens is 1. The van der Waals surface area contributed by atoms with Crippen molar-refractivity contribution in [3.63, 3.8) is 0 Å². The number of hydrogen-bond acceptors (Lipinski definition) is 10. The molecule has 1 heterocycles. The van der Waals surface area contributed by atoms with Gasteiger partial charge in [-0.15, -0.1) is 11.3 Å². The summed E-state index contributed by atoms with van der Waals surface area (Å²) in [5.74, 6) is -0.839.